The van der Waals surface area contributed by atoms with Crippen LogP contribution in [0.3, 0.4) is 0 Å². The quantitative estimate of drug-likeness (QED) is 0.734. The van der Waals surface area contributed by atoms with Gasteiger partial charge >= 0.3 is 0 Å². The highest BCUT2D eigenvalue weighted by Gasteiger charge is 2.03. The lowest BCUT2D eigenvalue weighted by Gasteiger charge is -2.10. The summed E-state index contributed by atoms with van der Waals surface area (Å²) < 4.78 is 5.62. The van der Waals surface area contributed by atoms with E-state index < -0.39 is 0 Å². The second-order valence-corrected chi connectivity index (χ2v) is 5.90. The summed E-state index contributed by atoms with van der Waals surface area (Å²) in [6, 6.07) is 4.20. The standard InChI is InChI=1S/C16H26ClNO/c1-12(2)11-18-6-8-19-7-5-15-9-13(3)14(4)10-16(15)17/h9-10,12,18H,5-8,11H2,1-4H3. The lowest BCUT2D eigenvalue weighted by molar-refractivity contribution is 0.138. The number of hydrogen-bond donors (Lipinski definition) is 1. The molecule has 19 heavy (non-hydrogen) atoms. The summed E-state index contributed by atoms with van der Waals surface area (Å²) in [7, 11) is 0. The van der Waals surface area contributed by atoms with Gasteiger partial charge < -0.3 is 10.1 Å². The molecule has 108 valence electrons. The molecular weight excluding hydrogens is 258 g/mol. The normalized spacial score (nSPS) is 11.3. The van der Waals surface area contributed by atoms with Gasteiger partial charge in [-0.05, 0) is 55.5 Å². The van der Waals surface area contributed by atoms with E-state index in [1.165, 1.54) is 16.7 Å². The molecule has 0 spiro atoms. The van der Waals surface area contributed by atoms with Crippen LogP contribution < -0.4 is 5.32 Å². The predicted molar refractivity (Wildman–Crippen MR) is 83.2 cm³/mol. The van der Waals surface area contributed by atoms with Gasteiger partial charge in [0.05, 0.1) is 13.2 Å². The molecule has 0 saturated carbocycles. The fraction of sp³-hybridized carbons (Fsp3) is 0.625. The Hall–Kier alpha value is -0.570. The maximum absolute atomic E-state index is 6.23. The zero-order chi connectivity index (χ0) is 14.3. The minimum absolute atomic E-state index is 0.689. The van der Waals surface area contributed by atoms with Crippen molar-refractivity contribution in [2.45, 2.75) is 34.1 Å². The number of aryl methyl sites for hydroxylation is 2. The van der Waals surface area contributed by atoms with Gasteiger partial charge in [-0.15, -0.1) is 0 Å². The summed E-state index contributed by atoms with van der Waals surface area (Å²) >= 11 is 6.23. The van der Waals surface area contributed by atoms with Crippen molar-refractivity contribution in [3.05, 3.63) is 33.8 Å². The average Bonchev–Trinajstić information content (AvgIpc) is 2.33. The van der Waals surface area contributed by atoms with E-state index in [9.17, 15) is 0 Å². The van der Waals surface area contributed by atoms with Crippen molar-refractivity contribution in [2.75, 3.05) is 26.3 Å². The highest BCUT2D eigenvalue weighted by atomic mass is 35.5. The molecule has 0 bridgehead atoms. The number of ether oxygens (including phenoxy) is 1. The Balaban J connectivity index is 2.21. The maximum atomic E-state index is 6.23. The van der Waals surface area contributed by atoms with Crippen LogP contribution in [0.4, 0.5) is 0 Å². The van der Waals surface area contributed by atoms with Crippen LogP contribution in [-0.2, 0) is 11.2 Å². The molecular formula is C16H26ClNO. The van der Waals surface area contributed by atoms with E-state index in [0.29, 0.717) is 5.92 Å². The van der Waals surface area contributed by atoms with Gasteiger partial charge in [0, 0.05) is 11.6 Å². The SMILES string of the molecule is Cc1cc(Cl)c(CCOCCNCC(C)C)cc1C. The van der Waals surface area contributed by atoms with Crippen LogP contribution in [0.1, 0.15) is 30.5 Å². The molecule has 0 amide bonds. The van der Waals surface area contributed by atoms with Gasteiger partial charge in [-0.3, -0.25) is 0 Å². The molecule has 3 heteroatoms. The van der Waals surface area contributed by atoms with Crippen molar-refractivity contribution in [1.82, 2.24) is 5.32 Å². The first-order valence-corrected chi connectivity index (χ1v) is 7.42. The Morgan fingerprint density at radius 2 is 1.84 bits per heavy atom. The van der Waals surface area contributed by atoms with E-state index in [0.717, 1.165) is 37.7 Å². The van der Waals surface area contributed by atoms with Crippen molar-refractivity contribution in [2.24, 2.45) is 5.92 Å². The first kappa shape index (κ1) is 16.5. The third kappa shape index (κ3) is 6.42. The summed E-state index contributed by atoms with van der Waals surface area (Å²) in [6.07, 6.45) is 0.879. The lowest BCUT2D eigenvalue weighted by Crippen LogP contribution is -2.24. The van der Waals surface area contributed by atoms with Crippen molar-refractivity contribution in [3.63, 3.8) is 0 Å². The highest BCUT2D eigenvalue weighted by Crippen LogP contribution is 2.21. The molecule has 0 aliphatic rings. The molecule has 0 saturated heterocycles. The summed E-state index contributed by atoms with van der Waals surface area (Å²) in [4.78, 5) is 0. The van der Waals surface area contributed by atoms with Crippen LogP contribution in [-0.4, -0.2) is 26.3 Å². The van der Waals surface area contributed by atoms with E-state index in [-0.39, 0.29) is 0 Å². The third-order valence-corrected chi connectivity index (χ3v) is 3.51. The summed E-state index contributed by atoms with van der Waals surface area (Å²) in [5.41, 5.74) is 3.71. The number of benzene rings is 1. The fourth-order valence-corrected chi connectivity index (χ4v) is 2.16. The van der Waals surface area contributed by atoms with Crippen molar-refractivity contribution in [1.29, 1.82) is 0 Å². The van der Waals surface area contributed by atoms with Gasteiger partial charge in [0.1, 0.15) is 0 Å². The molecule has 0 aromatic heterocycles. The van der Waals surface area contributed by atoms with Crippen LogP contribution in [0.2, 0.25) is 5.02 Å². The second kappa shape index (κ2) is 8.57. The predicted octanol–water partition coefficient (Wildman–Crippen LogP) is 3.76. The van der Waals surface area contributed by atoms with Gasteiger partial charge in [-0.25, -0.2) is 0 Å². The maximum Gasteiger partial charge on any atom is 0.0591 e. The van der Waals surface area contributed by atoms with Crippen LogP contribution in [0.5, 0.6) is 0 Å². The average molecular weight is 284 g/mol. The second-order valence-electron chi connectivity index (χ2n) is 5.49. The minimum Gasteiger partial charge on any atom is -0.380 e. The Kier molecular flexibility index (Phi) is 7.44. The molecule has 0 fully saturated rings. The number of rotatable bonds is 8. The van der Waals surface area contributed by atoms with Crippen molar-refractivity contribution in [3.8, 4) is 0 Å². The smallest absolute Gasteiger partial charge is 0.0591 e. The Morgan fingerprint density at radius 3 is 2.53 bits per heavy atom. The van der Waals surface area contributed by atoms with Gasteiger partial charge in [0.25, 0.3) is 0 Å². The Bertz CT molecular complexity index is 391. The van der Waals surface area contributed by atoms with E-state index >= 15 is 0 Å². The van der Waals surface area contributed by atoms with Crippen LogP contribution >= 0.6 is 11.6 Å². The van der Waals surface area contributed by atoms with E-state index in [2.05, 4.69) is 39.1 Å². The third-order valence-electron chi connectivity index (χ3n) is 3.15. The van der Waals surface area contributed by atoms with Gasteiger partial charge in [-0.1, -0.05) is 31.5 Å². The zero-order valence-electron chi connectivity index (χ0n) is 12.6. The van der Waals surface area contributed by atoms with E-state index in [4.69, 9.17) is 16.3 Å². The summed E-state index contributed by atoms with van der Waals surface area (Å²) in [5.74, 6) is 0.689. The summed E-state index contributed by atoms with van der Waals surface area (Å²) in [5, 5.41) is 4.21. The molecule has 0 radical (unpaired) electrons. The largest absolute Gasteiger partial charge is 0.380 e. The molecule has 0 aliphatic carbocycles. The number of hydrogen-bond acceptors (Lipinski definition) is 2. The Labute approximate surface area is 122 Å². The molecule has 1 aromatic carbocycles. The van der Waals surface area contributed by atoms with Crippen molar-refractivity contribution >= 4 is 11.6 Å². The molecule has 1 aromatic rings. The Morgan fingerprint density at radius 1 is 1.16 bits per heavy atom. The lowest BCUT2D eigenvalue weighted by atomic mass is 10.0. The van der Waals surface area contributed by atoms with E-state index in [1.54, 1.807) is 0 Å². The van der Waals surface area contributed by atoms with Crippen LogP contribution in [0, 0.1) is 19.8 Å². The highest BCUT2D eigenvalue weighted by molar-refractivity contribution is 6.31. The van der Waals surface area contributed by atoms with Crippen LogP contribution in [0.25, 0.3) is 0 Å². The molecule has 0 aliphatic heterocycles. The van der Waals surface area contributed by atoms with Gasteiger partial charge in [0.2, 0.25) is 0 Å². The molecule has 0 unspecified atom stereocenters. The molecule has 2 nitrogen and oxygen atoms in total. The van der Waals surface area contributed by atoms with Crippen LogP contribution in [0.15, 0.2) is 12.1 Å². The molecule has 0 heterocycles. The molecule has 1 N–H and O–H groups in total. The zero-order valence-corrected chi connectivity index (χ0v) is 13.3. The van der Waals surface area contributed by atoms with Gasteiger partial charge in [0.15, 0.2) is 0 Å². The monoisotopic (exact) mass is 283 g/mol. The topological polar surface area (TPSA) is 21.3 Å². The van der Waals surface area contributed by atoms with Gasteiger partial charge in [-0.2, -0.15) is 0 Å². The van der Waals surface area contributed by atoms with Crippen molar-refractivity contribution < 1.29 is 4.74 Å². The molecule has 0 atom stereocenters. The minimum atomic E-state index is 0.689. The number of nitrogens with one attached hydrogen (secondary N) is 1. The fourth-order valence-electron chi connectivity index (χ4n) is 1.85. The summed E-state index contributed by atoms with van der Waals surface area (Å²) in [6.45, 7) is 12.1. The molecule has 1 rings (SSSR count). The van der Waals surface area contributed by atoms with E-state index in [1.807, 2.05) is 6.07 Å². The first-order chi connectivity index (χ1) is 9.00. The first-order valence-electron chi connectivity index (χ1n) is 7.04. The number of halogens is 1.